The fourth-order valence-corrected chi connectivity index (χ4v) is 5.30. The summed E-state index contributed by atoms with van der Waals surface area (Å²) < 4.78 is 0. The zero-order valence-electron chi connectivity index (χ0n) is 10.9. The summed E-state index contributed by atoms with van der Waals surface area (Å²) in [4.78, 5) is 0. The topological polar surface area (TPSA) is 0 Å². The van der Waals surface area contributed by atoms with Crippen LogP contribution >= 0.6 is 0 Å². The lowest BCUT2D eigenvalue weighted by molar-refractivity contribution is 0.132. The lowest BCUT2D eigenvalue weighted by Gasteiger charge is -2.39. The molecule has 2 saturated carbocycles. The van der Waals surface area contributed by atoms with Crippen molar-refractivity contribution in [1.29, 1.82) is 0 Å². The highest BCUT2D eigenvalue weighted by Gasteiger charge is 2.80. The van der Waals surface area contributed by atoms with Gasteiger partial charge in [0, 0.05) is 0 Å². The summed E-state index contributed by atoms with van der Waals surface area (Å²) in [5.41, 5.74) is 1.82. The second-order valence-electron chi connectivity index (χ2n) is 6.93. The van der Waals surface area contributed by atoms with Crippen LogP contribution in [0.1, 0.15) is 48.0 Å². The average Bonchev–Trinajstić information content (AvgIpc) is 2.53. The molecular weight excluding hydrogens is 167 g/mol. The van der Waals surface area contributed by atoms with Gasteiger partial charge in [0.15, 0.2) is 0 Å². The smallest absolute Gasteiger partial charge is 0.0648 e. The van der Waals surface area contributed by atoms with Gasteiger partial charge in [-0.2, -0.15) is 0 Å². The van der Waals surface area contributed by atoms with E-state index in [1.165, 1.54) is 6.42 Å². The van der Waals surface area contributed by atoms with E-state index < -0.39 is 0 Å². The normalized spacial score (nSPS) is 52.9. The lowest BCUT2D eigenvalue weighted by atomic mass is 9.59. The van der Waals surface area contributed by atoms with Crippen LogP contribution in [-0.4, -0.2) is 7.85 Å². The molecule has 0 saturated heterocycles. The molecule has 0 bridgehead atoms. The van der Waals surface area contributed by atoms with Crippen LogP contribution in [-0.2, 0) is 0 Å². The highest BCUT2D eigenvalue weighted by molar-refractivity contribution is 6.13. The standard InChI is InChI=1S/C13H25B/c1-7-13-8(2)11(3,4)10(14)9(13)12(13,5)6/h8-10H,7,14H2,1-6H3. The first kappa shape index (κ1) is 10.6. The molecule has 0 N–H and O–H groups in total. The zero-order valence-corrected chi connectivity index (χ0v) is 10.9. The number of hydrogen-bond donors (Lipinski definition) is 0. The van der Waals surface area contributed by atoms with E-state index >= 15 is 0 Å². The van der Waals surface area contributed by atoms with Crippen molar-refractivity contribution in [1.82, 2.24) is 0 Å². The molecule has 0 heterocycles. The monoisotopic (exact) mass is 192 g/mol. The summed E-state index contributed by atoms with van der Waals surface area (Å²) >= 11 is 0. The summed E-state index contributed by atoms with van der Waals surface area (Å²) in [6, 6.07) is 0. The molecule has 0 amide bonds. The van der Waals surface area contributed by atoms with E-state index in [1.54, 1.807) is 0 Å². The van der Waals surface area contributed by atoms with Gasteiger partial charge in [0.25, 0.3) is 0 Å². The SMILES string of the molecule is BC1C2C(C)(C)C2(CC)C(C)C1(C)C. The minimum Gasteiger partial charge on any atom is -0.0648 e. The molecule has 2 aliphatic rings. The van der Waals surface area contributed by atoms with Crippen LogP contribution < -0.4 is 0 Å². The first-order valence-electron chi connectivity index (χ1n) is 6.24. The highest BCUT2D eigenvalue weighted by Crippen LogP contribution is 2.86. The Morgan fingerprint density at radius 2 is 1.64 bits per heavy atom. The molecule has 0 aliphatic heterocycles. The van der Waals surface area contributed by atoms with Gasteiger partial charge < -0.3 is 0 Å². The number of rotatable bonds is 1. The van der Waals surface area contributed by atoms with Crippen LogP contribution in [0.15, 0.2) is 0 Å². The van der Waals surface area contributed by atoms with Gasteiger partial charge in [-0.15, -0.1) is 0 Å². The minimum atomic E-state index is 0.552. The van der Waals surface area contributed by atoms with Crippen LogP contribution in [0.3, 0.4) is 0 Å². The molecule has 4 unspecified atom stereocenters. The number of fused-ring (bicyclic) bond motifs is 1. The van der Waals surface area contributed by atoms with Crippen LogP contribution in [0.25, 0.3) is 0 Å². The third-order valence-corrected chi connectivity index (χ3v) is 6.60. The first-order valence-corrected chi connectivity index (χ1v) is 6.24. The van der Waals surface area contributed by atoms with Gasteiger partial charge in [0.1, 0.15) is 7.85 Å². The van der Waals surface area contributed by atoms with E-state index in [0.29, 0.717) is 16.2 Å². The molecule has 80 valence electrons. The Morgan fingerprint density at radius 3 is 1.93 bits per heavy atom. The maximum absolute atomic E-state index is 2.49. The van der Waals surface area contributed by atoms with E-state index in [2.05, 4.69) is 49.4 Å². The Kier molecular flexibility index (Phi) is 1.82. The summed E-state index contributed by atoms with van der Waals surface area (Å²) in [5, 5.41) is 0. The fourth-order valence-electron chi connectivity index (χ4n) is 5.30. The quantitative estimate of drug-likeness (QED) is 0.560. The molecule has 0 nitrogen and oxygen atoms in total. The van der Waals surface area contributed by atoms with Crippen molar-refractivity contribution in [2.75, 3.05) is 0 Å². The summed E-state index contributed by atoms with van der Waals surface area (Å²) in [6.45, 7) is 14.8. The van der Waals surface area contributed by atoms with Gasteiger partial charge in [-0.3, -0.25) is 0 Å². The van der Waals surface area contributed by atoms with E-state index in [-0.39, 0.29) is 0 Å². The fraction of sp³-hybridized carbons (Fsp3) is 1.00. The van der Waals surface area contributed by atoms with Crippen molar-refractivity contribution >= 4 is 7.85 Å². The first-order chi connectivity index (χ1) is 6.24. The third kappa shape index (κ3) is 0.761. The van der Waals surface area contributed by atoms with Crippen molar-refractivity contribution in [2.45, 2.75) is 53.8 Å². The van der Waals surface area contributed by atoms with Crippen LogP contribution in [0.2, 0.25) is 5.82 Å². The summed E-state index contributed by atoms with van der Waals surface area (Å²) in [7, 11) is 2.48. The Morgan fingerprint density at radius 1 is 1.14 bits per heavy atom. The second-order valence-corrected chi connectivity index (χ2v) is 6.93. The van der Waals surface area contributed by atoms with E-state index in [4.69, 9.17) is 0 Å². The van der Waals surface area contributed by atoms with Gasteiger partial charge in [0.2, 0.25) is 0 Å². The van der Waals surface area contributed by atoms with Gasteiger partial charge in [-0.1, -0.05) is 47.4 Å². The van der Waals surface area contributed by atoms with Crippen molar-refractivity contribution in [3.8, 4) is 0 Å². The number of hydrogen-bond acceptors (Lipinski definition) is 0. The molecule has 2 aliphatic carbocycles. The lowest BCUT2D eigenvalue weighted by Crippen LogP contribution is -2.31. The summed E-state index contributed by atoms with van der Waals surface area (Å²) in [6.07, 6.45) is 1.37. The Bertz CT molecular complexity index is 262. The molecule has 0 spiro atoms. The Labute approximate surface area is 90.3 Å². The van der Waals surface area contributed by atoms with E-state index in [0.717, 1.165) is 17.7 Å². The largest absolute Gasteiger partial charge is 0.106 e. The summed E-state index contributed by atoms with van der Waals surface area (Å²) in [5.74, 6) is 2.76. The molecule has 4 atom stereocenters. The Balaban J connectivity index is 2.42. The van der Waals surface area contributed by atoms with E-state index in [1.807, 2.05) is 0 Å². The molecular formula is C13H25B. The van der Waals surface area contributed by atoms with Crippen molar-refractivity contribution in [3.63, 3.8) is 0 Å². The molecule has 2 fully saturated rings. The Hall–Kier alpha value is 0.0649. The van der Waals surface area contributed by atoms with Gasteiger partial charge in [0.05, 0.1) is 0 Å². The molecule has 1 heteroatoms. The molecule has 0 aromatic rings. The van der Waals surface area contributed by atoms with Gasteiger partial charge in [-0.05, 0) is 34.5 Å². The predicted molar refractivity (Wildman–Crippen MR) is 65.2 cm³/mol. The average molecular weight is 192 g/mol. The van der Waals surface area contributed by atoms with Gasteiger partial charge in [-0.25, -0.2) is 0 Å². The molecule has 0 aromatic carbocycles. The van der Waals surface area contributed by atoms with Crippen molar-refractivity contribution < 1.29 is 0 Å². The molecule has 0 aromatic heterocycles. The molecule has 0 radical (unpaired) electrons. The van der Waals surface area contributed by atoms with Crippen molar-refractivity contribution in [2.24, 2.45) is 28.1 Å². The van der Waals surface area contributed by atoms with E-state index in [9.17, 15) is 0 Å². The van der Waals surface area contributed by atoms with Crippen LogP contribution in [0, 0.1) is 28.1 Å². The third-order valence-electron chi connectivity index (χ3n) is 6.60. The molecule has 14 heavy (non-hydrogen) atoms. The predicted octanol–water partition coefficient (Wildman–Crippen LogP) is 3.14. The second kappa shape index (κ2) is 2.41. The zero-order chi connectivity index (χ0) is 10.9. The highest BCUT2D eigenvalue weighted by atomic mass is 14.8. The van der Waals surface area contributed by atoms with Crippen LogP contribution in [0.4, 0.5) is 0 Å². The minimum absolute atomic E-state index is 0.552. The maximum atomic E-state index is 2.49. The van der Waals surface area contributed by atoms with Gasteiger partial charge >= 0.3 is 0 Å². The van der Waals surface area contributed by atoms with Crippen molar-refractivity contribution in [3.05, 3.63) is 0 Å². The van der Waals surface area contributed by atoms with Crippen LogP contribution in [0.5, 0.6) is 0 Å². The molecule has 2 rings (SSSR count). The maximum Gasteiger partial charge on any atom is 0.106 e.